The zero-order valence-corrected chi connectivity index (χ0v) is 9.02. The molecule has 0 amide bonds. The van der Waals surface area contributed by atoms with Crippen LogP contribution < -0.4 is 0 Å². The van der Waals surface area contributed by atoms with Crippen molar-refractivity contribution >= 4 is 0 Å². The van der Waals surface area contributed by atoms with Gasteiger partial charge in [-0.3, -0.25) is 0 Å². The Balaban J connectivity index is 2.10. The molecule has 86 valence electrons. The first-order valence-electron chi connectivity index (χ1n) is 5.04. The quantitative estimate of drug-likeness (QED) is 0.516. The molecule has 0 unspecified atom stereocenters. The maximum atomic E-state index is 9.56. The molecule has 4 heteroatoms. The molecule has 0 saturated carbocycles. The molecule has 4 nitrogen and oxygen atoms in total. The van der Waals surface area contributed by atoms with Crippen molar-refractivity contribution in [1.82, 2.24) is 0 Å². The van der Waals surface area contributed by atoms with Gasteiger partial charge in [0.2, 0.25) is 5.79 Å². The SMILES string of the molecule is C=CCOC[C@@H](O)CCC1(C)OC=CO1. The highest BCUT2D eigenvalue weighted by atomic mass is 16.7. The first-order chi connectivity index (χ1) is 7.16. The summed E-state index contributed by atoms with van der Waals surface area (Å²) in [7, 11) is 0. The first kappa shape index (κ1) is 12.1. The van der Waals surface area contributed by atoms with E-state index in [1.807, 2.05) is 6.92 Å². The van der Waals surface area contributed by atoms with Gasteiger partial charge in [0, 0.05) is 13.3 Å². The molecule has 0 aliphatic carbocycles. The minimum Gasteiger partial charge on any atom is -0.457 e. The lowest BCUT2D eigenvalue weighted by molar-refractivity contribution is -0.137. The zero-order chi connectivity index (χ0) is 11.1. The van der Waals surface area contributed by atoms with Gasteiger partial charge in [0.05, 0.1) is 19.3 Å². The maximum Gasteiger partial charge on any atom is 0.247 e. The Bertz CT molecular complexity index is 217. The third-order valence-electron chi connectivity index (χ3n) is 2.17. The Labute approximate surface area is 90.1 Å². The van der Waals surface area contributed by atoms with E-state index in [2.05, 4.69) is 6.58 Å². The fourth-order valence-corrected chi connectivity index (χ4v) is 1.29. The van der Waals surface area contributed by atoms with Crippen molar-refractivity contribution in [3.05, 3.63) is 25.2 Å². The molecule has 0 saturated heterocycles. The van der Waals surface area contributed by atoms with Crippen LogP contribution in [0, 0.1) is 0 Å². The van der Waals surface area contributed by atoms with Gasteiger partial charge in [0.1, 0.15) is 12.5 Å². The third kappa shape index (κ3) is 4.36. The molecule has 0 spiro atoms. The smallest absolute Gasteiger partial charge is 0.247 e. The van der Waals surface area contributed by atoms with Crippen LogP contribution in [-0.4, -0.2) is 30.2 Å². The molecule has 0 aromatic rings. The summed E-state index contributed by atoms with van der Waals surface area (Å²) in [6, 6.07) is 0. The van der Waals surface area contributed by atoms with Crippen molar-refractivity contribution in [1.29, 1.82) is 0 Å². The van der Waals surface area contributed by atoms with Gasteiger partial charge in [0.15, 0.2) is 0 Å². The van der Waals surface area contributed by atoms with E-state index in [1.54, 1.807) is 6.08 Å². The molecule has 15 heavy (non-hydrogen) atoms. The fourth-order valence-electron chi connectivity index (χ4n) is 1.29. The number of aliphatic hydroxyl groups is 1. The highest BCUT2D eigenvalue weighted by Crippen LogP contribution is 2.25. The number of rotatable bonds is 7. The minimum atomic E-state index is -0.626. The first-order valence-corrected chi connectivity index (χ1v) is 5.04. The average Bonchev–Trinajstić information content (AvgIpc) is 2.64. The van der Waals surface area contributed by atoms with E-state index in [4.69, 9.17) is 14.2 Å². The van der Waals surface area contributed by atoms with E-state index in [1.165, 1.54) is 12.5 Å². The second-order valence-corrected chi connectivity index (χ2v) is 3.66. The van der Waals surface area contributed by atoms with E-state index < -0.39 is 11.9 Å². The third-order valence-corrected chi connectivity index (χ3v) is 2.17. The molecule has 0 aromatic heterocycles. The van der Waals surface area contributed by atoms with Crippen LogP contribution in [-0.2, 0) is 14.2 Å². The van der Waals surface area contributed by atoms with Gasteiger partial charge in [-0.25, -0.2) is 0 Å². The van der Waals surface area contributed by atoms with Crippen molar-refractivity contribution in [2.75, 3.05) is 13.2 Å². The number of ether oxygens (including phenoxy) is 3. The van der Waals surface area contributed by atoms with E-state index in [-0.39, 0.29) is 0 Å². The lowest BCUT2D eigenvalue weighted by Crippen LogP contribution is -2.28. The van der Waals surface area contributed by atoms with Crippen molar-refractivity contribution < 1.29 is 19.3 Å². The molecule has 1 N–H and O–H groups in total. The summed E-state index contributed by atoms with van der Waals surface area (Å²) < 4.78 is 15.6. The predicted molar refractivity (Wildman–Crippen MR) is 56.0 cm³/mol. The number of hydrogen-bond acceptors (Lipinski definition) is 4. The lowest BCUT2D eigenvalue weighted by atomic mass is 10.1. The van der Waals surface area contributed by atoms with Crippen LogP contribution in [0.1, 0.15) is 19.8 Å². The highest BCUT2D eigenvalue weighted by Gasteiger charge is 2.29. The summed E-state index contributed by atoms with van der Waals surface area (Å²) in [5.41, 5.74) is 0. The normalized spacial score (nSPS) is 19.3. The topological polar surface area (TPSA) is 47.9 Å². The summed E-state index contributed by atoms with van der Waals surface area (Å²) in [4.78, 5) is 0. The molecule has 1 rings (SSSR count). The second kappa shape index (κ2) is 5.78. The Kier molecular flexibility index (Phi) is 4.65. The summed E-state index contributed by atoms with van der Waals surface area (Å²) in [5.74, 6) is -0.626. The molecule has 1 aliphatic rings. The van der Waals surface area contributed by atoms with E-state index >= 15 is 0 Å². The second-order valence-electron chi connectivity index (χ2n) is 3.66. The van der Waals surface area contributed by atoms with Crippen LogP contribution in [0.3, 0.4) is 0 Å². The van der Waals surface area contributed by atoms with Gasteiger partial charge in [-0.2, -0.15) is 0 Å². The van der Waals surface area contributed by atoms with Crippen molar-refractivity contribution in [3.63, 3.8) is 0 Å². The van der Waals surface area contributed by atoms with Gasteiger partial charge in [0.25, 0.3) is 0 Å². The Hall–Kier alpha value is -1.00. The predicted octanol–water partition coefficient (Wildman–Crippen LogP) is 1.56. The number of hydrogen-bond donors (Lipinski definition) is 1. The van der Waals surface area contributed by atoms with Crippen LogP contribution in [0.2, 0.25) is 0 Å². The molecule has 1 heterocycles. The molecule has 1 atom stereocenters. The molecule has 0 radical (unpaired) electrons. The Morgan fingerprint density at radius 1 is 1.53 bits per heavy atom. The summed E-state index contributed by atoms with van der Waals surface area (Å²) in [5, 5.41) is 9.56. The largest absolute Gasteiger partial charge is 0.457 e. The van der Waals surface area contributed by atoms with Gasteiger partial charge in [-0.05, 0) is 6.42 Å². The van der Waals surface area contributed by atoms with Gasteiger partial charge < -0.3 is 19.3 Å². The van der Waals surface area contributed by atoms with Gasteiger partial charge >= 0.3 is 0 Å². The Morgan fingerprint density at radius 3 is 2.80 bits per heavy atom. The van der Waals surface area contributed by atoms with Crippen LogP contribution in [0.4, 0.5) is 0 Å². The van der Waals surface area contributed by atoms with Gasteiger partial charge in [-0.15, -0.1) is 6.58 Å². The molecule has 1 aliphatic heterocycles. The molecular weight excluding hydrogens is 196 g/mol. The van der Waals surface area contributed by atoms with Crippen molar-refractivity contribution in [2.24, 2.45) is 0 Å². The summed E-state index contributed by atoms with van der Waals surface area (Å²) >= 11 is 0. The molecule has 0 aromatic carbocycles. The van der Waals surface area contributed by atoms with E-state index in [0.29, 0.717) is 26.1 Å². The Morgan fingerprint density at radius 2 is 2.20 bits per heavy atom. The van der Waals surface area contributed by atoms with Crippen LogP contribution in [0.25, 0.3) is 0 Å². The van der Waals surface area contributed by atoms with Crippen molar-refractivity contribution in [2.45, 2.75) is 31.7 Å². The monoisotopic (exact) mass is 214 g/mol. The highest BCUT2D eigenvalue weighted by molar-refractivity contribution is 4.80. The van der Waals surface area contributed by atoms with Crippen molar-refractivity contribution in [3.8, 4) is 0 Å². The fraction of sp³-hybridized carbons (Fsp3) is 0.636. The number of aliphatic hydroxyl groups excluding tert-OH is 1. The van der Waals surface area contributed by atoms with Gasteiger partial charge in [-0.1, -0.05) is 6.08 Å². The van der Waals surface area contributed by atoms with Crippen LogP contribution in [0.15, 0.2) is 25.2 Å². The molecule has 0 fully saturated rings. The maximum absolute atomic E-state index is 9.56. The van der Waals surface area contributed by atoms with Crippen LogP contribution in [0.5, 0.6) is 0 Å². The molecule has 0 bridgehead atoms. The summed E-state index contributed by atoms with van der Waals surface area (Å²) in [6.07, 6.45) is 5.39. The van der Waals surface area contributed by atoms with E-state index in [9.17, 15) is 5.11 Å². The van der Waals surface area contributed by atoms with Crippen LogP contribution >= 0.6 is 0 Å². The minimum absolute atomic E-state index is 0.315. The standard InChI is InChI=1S/C11H18O4/c1-3-6-13-9-10(12)4-5-11(2)14-7-8-15-11/h3,7-8,10,12H,1,4-6,9H2,2H3/t10-/m0/s1. The summed E-state index contributed by atoms with van der Waals surface area (Å²) in [6.45, 7) is 6.14. The average molecular weight is 214 g/mol. The van der Waals surface area contributed by atoms with E-state index in [0.717, 1.165) is 0 Å². The molecular formula is C11H18O4. The lowest BCUT2D eigenvalue weighted by Gasteiger charge is -2.24. The zero-order valence-electron chi connectivity index (χ0n) is 9.02.